The Balaban J connectivity index is 2.31. The van der Waals surface area contributed by atoms with Crippen molar-refractivity contribution in [3.8, 4) is 0 Å². The number of nitro benzene ring substituents is 1. The lowest BCUT2D eigenvalue weighted by atomic mass is 10.0. The van der Waals surface area contributed by atoms with Crippen molar-refractivity contribution in [3.63, 3.8) is 0 Å². The van der Waals surface area contributed by atoms with E-state index < -0.39 is 0 Å². The summed E-state index contributed by atoms with van der Waals surface area (Å²) in [5.41, 5.74) is 4.14. The summed E-state index contributed by atoms with van der Waals surface area (Å²) in [6.07, 6.45) is 0. The second-order valence-corrected chi connectivity index (χ2v) is 5.00. The van der Waals surface area contributed by atoms with Gasteiger partial charge < -0.3 is 5.32 Å². The Bertz CT molecular complexity index is 638. The van der Waals surface area contributed by atoms with Gasteiger partial charge in [-0.1, -0.05) is 30.3 Å². The second-order valence-electron chi connectivity index (χ2n) is 5.00. The highest BCUT2D eigenvalue weighted by Crippen LogP contribution is 2.28. The Labute approximate surface area is 118 Å². The maximum Gasteiger partial charge on any atom is 0.274 e. The van der Waals surface area contributed by atoms with Crippen LogP contribution in [0.3, 0.4) is 0 Å². The number of nitro groups is 1. The molecule has 0 fully saturated rings. The summed E-state index contributed by atoms with van der Waals surface area (Å²) in [6, 6.07) is 12.9. The first-order chi connectivity index (χ1) is 9.49. The third-order valence-electron chi connectivity index (χ3n) is 3.37. The zero-order valence-corrected chi connectivity index (χ0v) is 11.9. The van der Waals surface area contributed by atoms with Crippen molar-refractivity contribution in [3.05, 3.63) is 69.3 Å². The number of rotatable bonds is 4. The quantitative estimate of drug-likeness (QED) is 0.662. The van der Waals surface area contributed by atoms with Gasteiger partial charge in [-0.25, -0.2) is 0 Å². The minimum absolute atomic E-state index is 0.128. The predicted molar refractivity (Wildman–Crippen MR) is 81.1 cm³/mol. The van der Waals surface area contributed by atoms with E-state index in [1.807, 2.05) is 32.9 Å². The lowest BCUT2D eigenvalue weighted by molar-refractivity contribution is -0.385. The molecule has 0 saturated heterocycles. The lowest BCUT2D eigenvalue weighted by Gasteiger charge is -2.18. The number of nitrogens with zero attached hydrogens (tertiary/aromatic N) is 1. The van der Waals surface area contributed by atoms with Crippen LogP contribution >= 0.6 is 0 Å². The van der Waals surface area contributed by atoms with Crippen LogP contribution in [0.5, 0.6) is 0 Å². The fourth-order valence-electron chi connectivity index (χ4n) is 2.22. The van der Waals surface area contributed by atoms with E-state index in [4.69, 9.17) is 0 Å². The number of aryl methyl sites for hydroxylation is 2. The number of benzene rings is 2. The molecular weight excluding hydrogens is 252 g/mol. The van der Waals surface area contributed by atoms with E-state index in [0.29, 0.717) is 5.56 Å². The molecule has 4 heteroatoms. The number of anilines is 1. The van der Waals surface area contributed by atoms with Crippen LogP contribution in [0.25, 0.3) is 0 Å². The van der Waals surface area contributed by atoms with Gasteiger partial charge in [0.2, 0.25) is 0 Å². The van der Waals surface area contributed by atoms with Gasteiger partial charge in [0.05, 0.1) is 16.5 Å². The molecule has 0 saturated carbocycles. The van der Waals surface area contributed by atoms with E-state index in [-0.39, 0.29) is 16.7 Å². The fraction of sp³-hybridized carbons (Fsp3) is 0.250. The summed E-state index contributed by atoms with van der Waals surface area (Å²) >= 11 is 0. The van der Waals surface area contributed by atoms with E-state index in [0.717, 1.165) is 16.8 Å². The highest BCUT2D eigenvalue weighted by molar-refractivity contribution is 5.55. The summed E-state index contributed by atoms with van der Waals surface area (Å²) < 4.78 is 0. The van der Waals surface area contributed by atoms with Crippen molar-refractivity contribution in [1.29, 1.82) is 0 Å². The van der Waals surface area contributed by atoms with E-state index in [1.165, 1.54) is 6.07 Å². The molecule has 0 aliphatic rings. The normalized spacial score (nSPS) is 11.9. The standard InChI is InChI=1S/C16H18N2O2/c1-11-8-9-12(2)15(10-11)17-13(3)14-6-4-5-7-16(14)18(19)20/h4-10,13,17H,1-3H3. The molecule has 4 nitrogen and oxygen atoms in total. The zero-order valence-electron chi connectivity index (χ0n) is 11.9. The molecule has 0 radical (unpaired) electrons. The second kappa shape index (κ2) is 5.74. The summed E-state index contributed by atoms with van der Waals surface area (Å²) in [5.74, 6) is 0. The molecule has 20 heavy (non-hydrogen) atoms. The molecule has 104 valence electrons. The number of nitrogens with one attached hydrogen (secondary N) is 1. The number of hydrogen-bond donors (Lipinski definition) is 1. The van der Waals surface area contributed by atoms with Crippen molar-refractivity contribution in [2.45, 2.75) is 26.8 Å². The van der Waals surface area contributed by atoms with Gasteiger partial charge >= 0.3 is 0 Å². The van der Waals surface area contributed by atoms with Crippen LogP contribution in [0.1, 0.15) is 29.7 Å². The van der Waals surface area contributed by atoms with Crippen LogP contribution in [0.15, 0.2) is 42.5 Å². The van der Waals surface area contributed by atoms with Gasteiger partial charge in [-0.05, 0) is 38.0 Å². The summed E-state index contributed by atoms with van der Waals surface area (Å²) in [4.78, 5) is 10.7. The van der Waals surface area contributed by atoms with Gasteiger partial charge in [0, 0.05) is 11.8 Å². The Kier molecular flexibility index (Phi) is 4.03. The van der Waals surface area contributed by atoms with Crippen molar-refractivity contribution < 1.29 is 4.92 Å². The maximum absolute atomic E-state index is 11.1. The van der Waals surface area contributed by atoms with Gasteiger partial charge in [-0.15, -0.1) is 0 Å². The first-order valence-electron chi connectivity index (χ1n) is 6.56. The van der Waals surface area contributed by atoms with Crippen molar-refractivity contribution in [2.75, 3.05) is 5.32 Å². The molecule has 1 N–H and O–H groups in total. The maximum atomic E-state index is 11.1. The molecule has 0 heterocycles. The monoisotopic (exact) mass is 270 g/mol. The fourth-order valence-corrected chi connectivity index (χ4v) is 2.22. The molecule has 1 unspecified atom stereocenters. The van der Waals surface area contributed by atoms with Gasteiger partial charge in [-0.3, -0.25) is 10.1 Å². The Morgan fingerprint density at radius 3 is 2.55 bits per heavy atom. The van der Waals surface area contributed by atoms with Crippen molar-refractivity contribution in [1.82, 2.24) is 0 Å². The van der Waals surface area contributed by atoms with Gasteiger partial charge in [0.1, 0.15) is 0 Å². The molecule has 0 aliphatic carbocycles. The van der Waals surface area contributed by atoms with E-state index in [2.05, 4.69) is 17.4 Å². The zero-order chi connectivity index (χ0) is 14.7. The third-order valence-corrected chi connectivity index (χ3v) is 3.37. The van der Waals surface area contributed by atoms with E-state index >= 15 is 0 Å². The molecule has 0 aliphatic heterocycles. The van der Waals surface area contributed by atoms with Gasteiger partial charge in [0.15, 0.2) is 0 Å². The summed E-state index contributed by atoms with van der Waals surface area (Å²) in [7, 11) is 0. The minimum Gasteiger partial charge on any atom is -0.378 e. The van der Waals surface area contributed by atoms with Crippen LogP contribution in [-0.4, -0.2) is 4.92 Å². The van der Waals surface area contributed by atoms with Crippen LogP contribution in [0, 0.1) is 24.0 Å². The molecule has 0 amide bonds. The Hall–Kier alpha value is -2.36. The van der Waals surface area contributed by atoms with E-state index in [1.54, 1.807) is 12.1 Å². The molecule has 2 aromatic carbocycles. The minimum atomic E-state index is -0.337. The first kappa shape index (κ1) is 14.1. The average Bonchev–Trinajstić information content (AvgIpc) is 2.42. The summed E-state index contributed by atoms with van der Waals surface area (Å²) in [6.45, 7) is 5.98. The van der Waals surface area contributed by atoms with Crippen LogP contribution in [0.2, 0.25) is 0 Å². The third kappa shape index (κ3) is 2.96. The SMILES string of the molecule is Cc1ccc(C)c(NC(C)c2ccccc2[N+](=O)[O-])c1. The van der Waals surface area contributed by atoms with Crippen LogP contribution < -0.4 is 5.32 Å². The molecule has 2 rings (SSSR count). The highest BCUT2D eigenvalue weighted by atomic mass is 16.6. The Morgan fingerprint density at radius 2 is 1.85 bits per heavy atom. The topological polar surface area (TPSA) is 55.2 Å². The average molecular weight is 270 g/mol. The van der Waals surface area contributed by atoms with Gasteiger partial charge in [-0.2, -0.15) is 0 Å². The number of para-hydroxylation sites is 1. The van der Waals surface area contributed by atoms with Crippen LogP contribution in [-0.2, 0) is 0 Å². The Morgan fingerprint density at radius 1 is 1.15 bits per heavy atom. The van der Waals surface area contributed by atoms with Gasteiger partial charge in [0.25, 0.3) is 5.69 Å². The first-order valence-corrected chi connectivity index (χ1v) is 6.56. The number of hydrogen-bond acceptors (Lipinski definition) is 3. The highest BCUT2D eigenvalue weighted by Gasteiger charge is 2.18. The molecule has 0 spiro atoms. The smallest absolute Gasteiger partial charge is 0.274 e. The molecule has 2 aromatic rings. The largest absolute Gasteiger partial charge is 0.378 e. The summed E-state index contributed by atoms with van der Waals surface area (Å²) in [5, 5.41) is 14.4. The molecule has 1 atom stereocenters. The van der Waals surface area contributed by atoms with Crippen molar-refractivity contribution in [2.24, 2.45) is 0 Å². The lowest BCUT2D eigenvalue weighted by Crippen LogP contribution is -2.10. The molecular formula is C16H18N2O2. The predicted octanol–water partition coefficient (Wildman–Crippen LogP) is 4.38. The van der Waals surface area contributed by atoms with Crippen molar-refractivity contribution >= 4 is 11.4 Å². The molecule has 0 aromatic heterocycles. The van der Waals surface area contributed by atoms with Crippen LogP contribution in [0.4, 0.5) is 11.4 Å². The molecule has 0 bridgehead atoms. The van der Waals surface area contributed by atoms with E-state index in [9.17, 15) is 10.1 Å².